The summed E-state index contributed by atoms with van der Waals surface area (Å²) in [5, 5.41) is 29.3. The molecule has 1 heterocycles. The first-order chi connectivity index (χ1) is 8.00. The predicted octanol–water partition coefficient (Wildman–Crippen LogP) is 2.38. The predicted molar refractivity (Wildman–Crippen MR) is 64.8 cm³/mol. The zero-order chi connectivity index (χ0) is 12.6. The van der Waals surface area contributed by atoms with Crippen LogP contribution in [0.5, 0.6) is 11.6 Å². The number of aromatic hydroxyl groups is 2. The average Bonchev–Trinajstić information content (AvgIpc) is 2.59. The number of hydrogen-bond donors (Lipinski definition) is 3. The number of carboxylic acid groups (broad SMARTS) is 1. The van der Waals surface area contributed by atoms with Gasteiger partial charge < -0.3 is 15.3 Å². The summed E-state index contributed by atoms with van der Waals surface area (Å²) in [6.07, 6.45) is 0. The van der Waals surface area contributed by atoms with E-state index in [1.165, 1.54) is 28.1 Å². The zero-order valence-electron chi connectivity index (χ0n) is 8.32. The summed E-state index contributed by atoms with van der Waals surface area (Å²) in [5.41, 5.74) is 0.152. The van der Waals surface area contributed by atoms with Crippen molar-refractivity contribution in [1.29, 1.82) is 0 Å². The molecule has 0 fully saturated rings. The molecule has 17 heavy (non-hydrogen) atoms. The normalized spacial score (nSPS) is 10.4. The second kappa shape index (κ2) is 4.19. The minimum absolute atomic E-state index is 0.0676. The quantitative estimate of drug-likeness (QED) is 0.729. The van der Waals surface area contributed by atoms with Crippen molar-refractivity contribution < 1.29 is 20.1 Å². The minimum Gasteiger partial charge on any atom is -0.507 e. The maximum absolute atomic E-state index is 10.9. The second-order valence-corrected chi connectivity index (χ2v) is 4.71. The maximum atomic E-state index is 10.9. The van der Waals surface area contributed by atoms with Crippen molar-refractivity contribution in [2.75, 3.05) is 0 Å². The van der Waals surface area contributed by atoms with Crippen LogP contribution in [0.2, 0.25) is 0 Å². The first kappa shape index (κ1) is 11.6. The molecule has 5 nitrogen and oxygen atoms in total. The van der Waals surface area contributed by atoms with E-state index in [1.54, 1.807) is 0 Å². The molecule has 3 N–H and O–H groups in total. The van der Waals surface area contributed by atoms with Crippen LogP contribution < -0.4 is 0 Å². The third-order valence-electron chi connectivity index (χ3n) is 2.15. The molecule has 2 rings (SSSR count). The highest BCUT2D eigenvalue weighted by Gasteiger charge is 2.13. The second-order valence-electron chi connectivity index (χ2n) is 3.20. The van der Waals surface area contributed by atoms with Crippen molar-refractivity contribution in [3.63, 3.8) is 0 Å². The fourth-order valence-electron chi connectivity index (χ4n) is 1.37. The summed E-state index contributed by atoms with van der Waals surface area (Å²) in [4.78, 5) is 10.9. The fourth-order valence-corrected chi connectivity index (χ4v) is 2.33. The number of benzene rings is 1. The number of carbonyl (C=O) groups is 1. The molecular weight excluding hydrogens is 262 g/mol. The molecule has 0 amide bonds. The third kappa shape index (κ3) is 2.02. The molecule has 0 aliphatic carbocycles. The summed E-state index contributed by atoms with van der Waals surface area (Å²) < 4.78 is 1.72. The molecule has 7 heteroatoms. The summed E-state index contributed by atoms with van der Waals surface area (Å²) in [6, 6.07) is 3.97. The Bertz CT molecular complexity index is 644. The van der Waals surface area contributed by atoms with Crippen LogP contribution in [0.3, 0.4) is 0 Å². The summed E-state index contributed by atoms with van der Waals surface area (Å²) in [5.74, 6) is -1.64. The topological polar surface area (TPSA) is 82.7 Å². The lowest BCUT2D eigenvalue weighted by atomic mass is 10.2. The number of hydrogen-bond acceptors (Lipinski definition) is 5. The van der Waals surface area contributed by atoms with E-state index in [0.717, 1.165) is 11.3 Å². The lowest BCUT2D eigenvalue weighted by molar-refractivity contribution is 0.0693. The van der Waals surface area contributed by atoms with Crippen LogP contribution in [0, 0.1) is 3.95 Å². The number of carboxylic acids is 1. The largest absolute Gasteiger partial charge is 0.507 e. The third-order valence-corrected chi connectivity index (χ3v) is 3.33. The van der Waals surface area contributed by atoms with Crippen LogP contribution in [-0.4, -0.2) is 25.9 Å². The van der Waals surface area contributed by atoms with Gasteiger partial charge in [0, 0.05) is 0 Å². The van der Waals surface area contributed by atoms with Gasteiger partial charge in [0.1, 0.15) is 11.3 Å². The zero-order valence-corrected chi connectivity index (χ0v) is 9.96. The van der Waals surface area contributed by atoms with Crippen LogP contribution in [0.4, 0.5) is 0 Å². The van der Waals surface area contributed by atoms with Gasteiger partial charge in [-0.3, -0.25) is 4.57 Å². The average molecular weight is 269 g/mol. The Morgan fingerprint density at radius 1 is 1.35 bits per heavy atom. The molecule has 0 atom stereocenters. The van der Waals surface area contributed by atoms with E-state index in [0.29, 0.717) is 9.64 Å². The van der Waals surface area contributed by atoms with Gasteiger partial charge in [-0.25, -0.2) is 4.79 Å². The first-order valence-electron chi connectivity index (χ1n) is 4.47. The molecule has 0 aliphatic rings. The van der Waals surface area contributed by atoms with E-state index in [-0.39, 0.29) is 17.2 Å². The van der Waals surface area contributed by atoms with Gasteiger partial charge in [0.05, 0.1) is 11.1 Å². The molecule has 2 aromatic rings. The molecule has 0 saturated carbocycles. The number of phenols is 1. The summed E-state index contributed by atoms with van der Waals surface area (Å²) in [6.45, 7) is 0. The van der Waals surface area contributed by atoms with Gasteiger partial charge >= 0.3 is 5.97 Å². The van der Waals surface area contributed by atoms with Crippen LogP contribution in [0.1, 0.15) is 10.4 Å². The number of aromatic carboxylic acids is 1. The van der Waals surface area contributed by atoms with Crippen molar-refractivity contribution in [2.24, 2.45) is 0 Å². The lowest BCUT2D eigenvalue weighted by Gasteiger charge is -2.06. The maximum Gasteiger partial charge on any atom is 0.339 e. The minimum atomic E-state index is -1.24. The van der Waals surface area contributed by atoms with Gasteiger partial charge in [-0.15, -0.1) is 11.3 Å². The van der Waals surface area contributed by atoms with Crippen LogP contribution in [0.15, 0.2) is 23.6 Å². The molecule has 1 aromatic carbocycles. The van der Waals surface area contributed by atoms with E-state index in [1.807, 2.05) is 0 Å². The molecule has 0 saturated heterocycles. The van der Waals surface area contributed by atoms with Crippen molar-refractivity contribution in [3.05, 3.63) is 33.1 Å². The fraction of sp³-hybridized carbons (Fsp3) is 0. The Hall–Kier alpha value is -1.86. The van der Waals surface area contributed by atoms with Crippen molar-refractivity contribution in [3.8, 4) is 17.3 Å². The Labute approximate surface area is 105 Å². The Morgan fingerprint density at radius 3 is 2.59 bits per heavy atom. The van der Waals surface area contributed by atoms with Gasteiger partial charge in [0.2, 0.25) is 5.88 Å². The van der Waals surface area contributed by atoms with Crippen molar-refractivity contribution in [1.82, 2.24) is 4.57 Å². The lowest BCUT2D eigenvalue weighted by Crippen LogP contribution is -2.00. The van der Waals surface area contributed by atoms with Crippen LogP contribution >= 0.6 is 23.6 Å². The van der Waals surface area contributed by atoms with E-state index >= 15 is 0 Å². The summed E-state index contributed by atoms with van der Waals surface area (Å²) in [7, 11) is 0. The highest BCUT2D eigenvalue weighted by Crippen LogP contribution is 2.26. The molecule has 0 unspecified atom stereocenters. The Morgan fingerprint density at radius 2 is 2.06 bits per heavy atom. The molecule has 0 bridgehead atoms. The van der Waals surface area contributed by atoms with Gasteiger partial charge in [-0.2, -0.15) is 0 Å². The number of rotatable bonds is 2. The molecule has 0 spiro atoms. The number of nitrogens with zero attached hydrogens (tertiary/aromatic N) is 1. The molecule has 0 radical (unpaired) electrons. The molecule has 88 valence electrons. The molecule has 0 aliphatic heterocycles. The summed E-state index contributed by atoms with van der Waals surface area (Å²) >= 11 is 6.17. The van der Waals surface area contributed by atoms with E-state index in [4.69, 9.17) is 17.3 Å². The van der Waals surface area contributed by atoms with E-state index in [9.17, 15) is 15.0 Å². The smallest absolute Gasteiger partial charge is 0.339 e. The number of aromatic nitrogens is 1. The first-order valence-corrected chi connectivity index (χ1v) is 5.75. The number of thiazole rings is 1. The van der Waals surface area contributed by atoms with Gasteiger partial charge in [-0.05, 0) is 30.4 Å². The van der Waals surface area contributed by atoms with E-state index < -0.39 is 5.97 Å². The SMILES string of the molecule is O=C(O)c1cc(-n2c(O)csc2=S)ccc1O. The van der Waals surface area contributed by atoms with Gasteiger partial charge in [0.15, 0.2) is 3.95 Å². The van der Waals surface area contributed by atoms with Crippen molar-refractivity contribution >= 4 is 29.5 Å². The standard InChI is InChI=1S/C10H7NO4S2/c12-7-2-1-5(3-6(7)9(14)15)11-8(13)4-17-10(11)16/h1-4,12-13H,(H,14,15). The Balaban J connectivity index is 2.66. The highest BCUT2D eigenvalue weighted by molar-refractivity contribution is 7.73. The van der Waals surface area contributed by atoms with Crippen molar-refractivity contribution in [2.45, 2.75) is 0 Å². The highest BCUT2D eigenvalue weighted by atomic mass is 32.1. The van der Waals surface area contributed by atoms with Crippen LogP contribution in [-0.2, 0) is 0 Å². The molecule has 1 aromatic heterocycles. The molecular formula is C10H7NO4S2. The van der Waals surface area contributed by atoms with E-state index in [2.05, 4.69) is 0 Å². The monoisotopic (exact) mass is 269 g/mol. The van der Waals surface area contributed by atoms with Gasteiger partial charge in [-0.1, -0.05) is 0 Å². The van der Waals surface area contributed by atoms with Crippen LogP contribution in [0.25, 0.3) is 5.69 Å². The van der Waals surface area contributed by atoms with Gasteiger partial charge in [0.25, 0.3) is 0 Å². The Kier molecular flexibility index (Phi) is 2.86.